The molecule has 2 rings (SSSR count). The maximum Gasteiger partial charge on any atom is 0.319 e. The molecule has 5 heteroatoms. The molecule has 0 saturated heterocycles. The highest BCUT2D eigenvalue weighted by Crippen LogP contribution is 2.17. The highest BCUT2D eigenvalue weighted by molar-refractivity contribution is 14.1. The van der Waals surface area contributed by atoms with Gasteiger partial charge in [0, 0.05) is 15.8 Å². The van der Waals surface area contributed by atoms with Crippen LogP contribution in [-0.2, 0) is 6.42 Å². The quantitative estimate of drug-likeness (QED) is 0.749. The third kappa shape index (κ3) is 5.00. The van der Waals surface area contributed by atoms with Crippen LogP contribution in [0.1, 0.15) is 11.1 Å². The van der Waals surface area contributed by atoms with E-state index < -0.39 is 0 Å². The number of carbonyl (C=O) groups is 1. The van der Waals surface area contributed by atoms with E-state index in [1.165, 1.54) is 12.1 Å². The van der Waals surface area contributed by atoms with Gasteiger partial charge in [0.1, 0.15) is 5.82 Å². The second-order valence-corrected chi connectivity index (χ2v) is 5.97. The maximum atomic E-state index is 13.0. The molecule has 0 aliphatic carbocycles. The highest BCUT2D eigenvalue weighted by Gasteiger charge is 2.04. The number of halogens is 2. The molecule has 0 aromatic heterocycles. The van der Waals surface area contributed by atoms with Crippen molar-refractivity contribution >= 4 is 34.3 Å². The second-order valence-electron chi connectivity index (χ2n) is 4.72. The number of amides is 2. The van der Waals surface area contributed by atoms with Crippen LogP contribution in [0.3, 0.4) is 0 Å². The predicted octanol–water partition coefficient (Wildman–Crippen LogP) is 4.10. The number of aryl methyl sites for hydroxylation is 1. The van der Waals surface area contributed by atoms with Gasteiger partial charge in [-0.15, -0.1) is 0 Å². The summed E-state index contributed by atoms with van der Waals surface area (Å²) in [6.45, 7) is 2.41. The zero-order chi connectivity index (χ0) is 15.2. The number of nitrogens with one attached hydrogen (secondary N) is 2. The van der Waals surface area contributed by atoms with E-state index in [4.69, 9.17) is 0 Å². The molecule has 0 bridgehead atoms. The molecule has 0 heterocycles. The molecule has 3 nitrogen and oxygen atoms in total. The number of anilines is 1. The fraction of sp³-hybridized carbons (Fsp3) is 0.188. The fourth-order valence-corrected chi connectivity index (χ4v) is 2.59. The lowest BCUT2D eigenvalue weighted by molar-refractivity contribution is 0.252. The first-order valence-electron chi connectivity index (χ1n) is 6.60. The third-order valence-corrected chi connectivity index (χ3v) is 3.70. The lowest BCUT2D eigenvalue weighted by Crippen LogP contribution is -2.30. The van der Waals surface area contributed by atoms with Crippen molar-refractivity contribution in [1.82, 2.24) is 5.32 Å². The first kappa shape index (κ1) is 15.8. The Kier molecular flexibility index (Phi) is 5.55. The SMILES string of the molecule is Cc1cc(I)ccc1NC(=O)NCCc1cccc(F)c1. The summed E-state index contributed by atoms with van der Waals surface area (Å²) in [4.78, 5) is 11.8. The van der Waals surface area contributed by atoms with Crippen molar-refractivity contribution in [1.29, 1.82) is 0 Å². The van der Waals surface area contributed by atoms with E-state index in [1.54, 1.807) is 6.07 Å². The summed E-state index contributed by atoms with van der Waals surface area (Å²) in [5.41, 5.74) is 2.67. The van der Waals surface area contributed by atoms with Gasteiger partial charge in [-0.2, -0.15) is 0 Å². The Bertz CT molecular complexity index is 646. The molecule has 21 heavy (non-hydrogen) atoms. The maximum absolute atomic E-state index is 13.0. The standard InChI is InChI=1S/C16H16FIN2O/c1-11-9-14(18)5-6-15(11)20-16(21)19-8-7-12-3-2-4-13(17)10-12/h2-6,9-10H,7-8H2,1H3,(H2,19,20,21). The average Bonchev–Trinajstić information content (AvgIpc) is 2.42. The minimum atomic E-state index is -0.258. The number of benzene rings is 2. The van der Waals surface area contributed by atoms with Gasteiger partial charge in [0.15, 0.2) is 0 Å². The van der Waals surface area contributed by atoms with E-state index in [9.17, 15) is 9.18 Å². The van der Waals surface area contributed by atoms with Gasteiger partial charge in [-0.3, -0.25) is 0 Å². The summed E-state index contributed by atoms with van der Waals surface area (Å²) in [6, 6.07) is 12.0. The molecule has 0 saturated carbocycles. The number of carbonyl (C=O) groups excluding carboxylic acids is 1. The third-order valence-electron chi connectivity index (χ3n) is 3.02. The Balaban J connectivity index is 1.82. The van der Waals surface area contributed by atoms with Gasteiger partial charge in [-0.25, -0.2) is 9.18 Å². The molecule has 0 spiro atoms. The smallest absolute Gasteiger partial charge is 0.319 e. The predicted molar refractivity (Wildman–Crippen MR) is 91.0 cm³/mol. The van der Waals surface area contributed by atoms with Gasteiger partial charge in [-0.05, 0) is 77.4 Å². The molecule has 0 aliphatic heterocycles. The topological polar surface area (TPSA) is 41.1 Å². The van der Waals surface area contributed by atoms with Crippen LogP contribution < -0.4 is 10.6 Å². The van der Waals surface area contributed by atoms with Crippen LogP contribution in [0.15, 0.2) is 42.5 Å². The largest absolute Gasteiger partial charge is 0.338 e. The Morgan fingerprint density at radius 1 is 1.24 bits per heavy atom. The molecule has 110 valence electrons. The average molecular weight is 398 g/mol. The molecule has 2 amide bonds. The molecule has 2 N–H and O–H groups in total. The molecule has 0 unspecified atom stereocenters. The Morgan fingerprint density at radius 3 is 2.76 bits per heavy atom. The lowest BCUT2D eigenvalue weighted by Gasteiger charge is -2.10. The monoisotopic (exact) mass is 398 g/mol. The highest BCUT2D eigenvalue weighted by atomic mass is 127. The Hall–Kier alpha value is -1.63. The summed E-state index contributed by atoms with van der Waals surface area (Å²) in [7, 11) is 0. The minimum absolute atomic E-state index is 0.254. The molecule has 0 aliphatic rings. The van der Waals surface area contributed by atoms with Crippen molar-refractivity contribution in [2.45, 2.75) is 13.3 Å². The van der Waals surface area contributed by atoms with Crippen molar-refractivity contribution in [3.8, 4) is 0 Å². The van der Waals surface area contributed by atoms with Crippen LogP contribution in [-0.4, -0.2) is 12.6 Å². The minimum Gasteiger partial charge on any atom is -0.338 e. The zero-order valence-electron chi connectivity index (χ0n) is 11.6. The Labute approximate surface area is 137 Å². The number of hydrogen-bond acceptors (Lipinski definition) is 1. The van der Waals surface area contributed by atoms with Gasteiger partial charge in [0.2, 0.25) is 0 Å². The molecule has 0 atom stereocenters. The molecule has 2 aromatic rings. The lowest BCUT2D eigenvalue weighted by atomic mass is 10.1. The summed E-state index contributed by atoms with van der Waals surface area (Å²) in [5.74, 6) is -0.258. The summed E-state index contributed by atoms with van der Waals surface area (Å²) < 4.78 is 14.1. The Morgan fingerprint density at radius 2 is 2.05 bits per heavy atom. The van der Waals surface area contributed by atoms with Crippen molar-refractivity contribution in [3.63, 3.8) is 0 Å². The first-order chi connectivity index (χ1) is 10.0. The molecular formula is C16H16FIN2O. The second kappa shape index (κ2) is 7.40. The van der Waals surface area contributed by atoms with Crippen molar-refractivity contribution in [2.24, 2.45) is 0 Å². The summed E-state index contributed by atoms with van der Waals surface area (Å²) >= 11 is 2.23. The number of hydrogen-bond donors (Lipinski definition) is 2. The van der Waals surface area contributed by atoms with E-state index in [0.717, 1.165) is 20.4 Å². The van der Waals surface area contributed by atoms with Crippen LogP contribution in [0.5, 0.6) is 0 Å². The van der Waals surface area contributed by atoms with Gasteiger partial charge in [0.05, 0.1) is 0 Å². The first-order valence-corrected chi connectivity index (χ1v) is 7.68. The fourth-order valence-electron chi connectivity index (χ4n) is 1.95. The van der Waals surface area contributed by atoms with Gasteiger partial charge >= 0.3 is 6.03 Å². The molecule has 0 radical (unpaired) electrons. The molecular weight excluding hydrogens is 382 g/mol. The van der Waals surface area contributed by atoms with Crippen LogP contribution >= 0.6 is 22.6 Å². The van der Waals surface area contributed by atoms with Crippen LogP contribution in [0.2, 0.25) is 0 Å². The van der Waals surface area contributed by atoms with E-state index in [1.807, 2.05) is 31.2 Å². The van der Waals surface area contributed by atoms with Crippen LogP contribution in [0.25, 0.3) is 0 Å². The van der Waals surface area contributed by atoms with E-state index in [0.29, 0.717) is 13.0 Å². The van der Waals surface area contributed by atoms with Gasteiger partial charge in [-0.1, -0.05) is 12.1 Å². The van der Waals surface area contributed by atoms with Crippen LogP contribution in [0, 0.1) is 16.3 Å². The van der Waals surface area contributed by atoms with Gasteiger partial charge < -0.3 is 10.6 Å². The molecule has 0 fully saturated rings. The summed E-state index contributed by atoms with van der Waals surface area (Å²) in [5, 5.41) is 5.57. The van der Waals surface area contributed by atoms with Crippen LogP contribution in [0.4, 0.5) is 14.9 Å². The van der Waals surface area contributed by atoms with E-state index in [2.05, 4.69) is 33.2 Å². The zero-order valence-corrected chi connectivity index (χ0v) is 13.8. The summed E-state index contributed by atoms with van der Waals surface area (Å²) in [6.07, 6.45) is 0.594. The van der Waals surface area contributed by atoms with E-state index in [-0.39, 0.29) is 11.8 Å². The van der Waals surface area contributed by atoms with Gasteiger partial charge in [0.25, 0.3) is 0 Å². The van der Waals surface area contributed by atoms with Crippen molar-refractivity contribution in [3.05, 3.63) is 63.0 Å². The van der Waals surface area contributed by atoms with E-state index >= 15 is 0 Å². The molecule has 2 aromatic carbocycles. The number of urea groups is 1. The number of rotatable bonds is 4. The normalized spacial score (nSPS) is 10.2. The van der Waals surface area contributed by atoms with Crippen molar-refractivity contribution in [2.75, 3.05) is 11.9 Å². The van der Waals surface area contributed by atoms with Crippen molar-refractivity contribution < 1.29 is 9.18 Å².